The van der Waals surface area contributed by atoms with Gasteiger partial charge in [0, 0.05) is 0 Å². The Morgan fingerprint density at radius 2 is 1.89 bits per heavy atom. The molecule has 0 N–H and O–H groups in total. The van der Waals surface area contributed by atoms with E-state index in [4.69, 9.17) is 9.15 Å². The summed E-state index contributed by atoms with van der Waals surface area (Å²) in [4.78, 5) is 10.8. The molecule has 0 fully saturated rings. The van der Waals surface area contributed by atoms with E-state index in [9.17, 15) is 10.1 Å². The molecule has 0 bridgehead atoms. The van der Waals surface area contributed by atoms with Gasteiger partial charge in [-0.15, -0.1) is 10.2 Å². The minimum Gasteiger partial charge on any atom is -0.486 e. The number of nitro groups is 1. The van der Waals surface area contributed by atoms with Crippen LogP contribution in [0.25, 0.3) is 0 Å². The number of ether oxygens (including phenoxy) is 1. The Morgan fingerprint density at radius 1 is 1.14 bits per heavy atom. The van der Waals surface area contributed by atoms with E-state index in [0.29, 0.717) is 46.4 Å². The van der Waals surface area contributed by atoms with Crippen LogP contribution >= 0.6 is 11.8 Å². The first-order valence-corrected chi connectivity index (χ1v) is 11.8. The number of hydrogen-bond acceptors (Lipinski definition) is 9. The third-order valence-electron chi connectivity index (χ3n) is 5.17. The summed E-state index contributed by atoms with van der Waals surface area (Å²) in [5.74, 6) is 2.94. The van der Waals surface area contributed by atoms with Crippen molar-refractivity contribution >= 4 is 23.7 Å². The van der Waals surface area contributed by atoms with E-state index >= 15 is 0 Å². The number of nitrogens with zero attached hydrogens (tertiary/aromatic N) is 7. The Labute approximate surface area is 206 Å². The lowest BCUT2D eigenvalue weighted by Gasteiger charge is -2.06. The van der Waals surface area contributed by atoms with Crippen LogP contribution in [-0.2, 0) is 12.5 Å². The second-order valence-electron chi connectivity index (χ2n) is 8.05. The smallest absolute Gasteiger partial charge is 0.312 e. The number of rotatable bonds is 9. The molecular formula is C23H25N7O4S. The predicted octanol–water partition coefficient (Wildman–Crippen LogP) is 4.73. The molecule has 0 amide bonds. The Morgan fingerprint density at radius 3 is 2.57 bits per heavy atom. The summed E-state index contributed by atoms with van der Waals surface area (Å²) in [6.45, 7) is 9.44. The van der Waals surface area contributed by atoms with Gasteiger partial charge in [-0.3, -0.25) is 14.8 Å². The van der Waals surface area contributed by atoms with Crippen molar-refractivity contribution in [3.63, 3.8) is 0 Å². The molecule has 0 aliphatic carbocycles. The number of aryl methyl sites for hydroxylation is 4. The molecular weight excluding hydrogens is 470 g/mol. The van der Waals surface area contributed by atoms with Crippen LogP contribution in [0.4, 0.5) is 5.69 Å². The fraction of sp³-hybridized carbons (Fsp3) is 0.304. The van der Waals surface area contributed by atoms with E-state index in [1.54, 1.807) is 36.3 Å². The lowest BCUT2D eigenvalue weighted by molar-refractivity contribution is -0.386. The maximum atomic E-state index is 11.2. The van der Waals surface area contributed by atoms with Gasteiger partial charge in [0.15, 0.2) is 5.82 Å². The first kappa shape index (κ1) is 24.2. The highest BCUT2D eigenvalue weighted by atomic mass is 32.2. The fourth-order valence-corrected chi connectivity index (χ4v) is 4.47. The van der Waals surface area contributed by atoms with Crippen molar-refractivity contribution in [2.75, 3.05) is 0 Å². The van der Waals surface area contributed by atoms with Gasteiger partial charge < -0.3 is 9.15 Å². The topological polar surface area (TPSA) is 126 Å². The highest BCUT2D eigenvalue weighted by Crippen LogP contribution is 2.26. The van der Waals surface area contributed by atoms with Gasteiger partial charge in [0.2, 0.25) is 5.16 Å². The van der Waals surface area contributed by atoms with Crippen molar-refractivity contribution < 1.29 is 14.1 Å². The molecule has 0 atom stereocenters. The molecule has 12 heteroatoms. The van der Waals surface area contributed by atoms with E-state index in [1.807, 2.05) is 38.1 Å². The van der Waals surface area contributed by atoms with Gasteiger partial charge in [-0.05, 0) is 70.0 Å². The van der Waals surface area contributed by atoms with E-state index in [1.165, 1.54) is 11.8 Å². The Hall–Kier alpha value is -3.93. The minimum absolute atomic E-state index is 0.0244. The molecule has 4 rings (SSSR count). The van der Waals surface area contributed by atoms with Crippen molar-refractivity contribution in [3.05, 3.63) is 80.3 Å². The highest BCUT2D eigenvalue weighted by molar-refractivity contribution is 7.98. The molecule has 0 saturated carbocycles. The quantitative estimate of drug-likeness (QED) is 0.141. The van der Waals surface area contributed by atoms with Crippen LogP contribution < -0.4 is 4.74 Å². The van der Waals surface area contributed by atoms with Crippen molar-refractivity contribution in [2.24, 2.45) is 5.10 Å². The molecule has 4 aromatic rings. The SMILES string of the molecule is Cc1cc(C)cc(OCc2ccc(/C=N/n3c(C)nnc3SCn3nc(C)c([N+](=O)[O-])c3C)o2)c1. The van der Waals surface area contributed by atoms with Crippen molar-refractivity contribution in [3.8, 4) is 5.75 Å². The number of furan rings is 1. The van der Waals surface area contributed by atoms with Crippen LogP contribution in [-0.4, -0.2) is 35.8 Å². The highest BCUT2D eigenvalue weighted by Gasteiger charge is 2.22. The largest absolute Gasteiger partial charge is 0.486 e. The van der Waals surface area contributed by atoms with Crippen LogP contribution in [0, 0.1) is 44.7 Å². The normalized spacial score (nSPS) is 11.5. The standard InChI is InChI=1S/C23H25N7O4S/c1-14-8-15(2)10-21(9-14)33-12-20-7-6-19(34-20)11-24-29-18(5)25-26-23(29)35-13-28-17(4)22(30(31)32)16(3)27-28/h6-11H,12-13H2,1-5H3/b24-11+. The molecule has 182 valence electrons. The zero-order chi connectivity index (χ0) is 25.1. The van der Waals surface area contributed by atoms with Crippen molar-refractivity contribution in [2.45, 2.75) is 52.3 Å². The van der Waals surface area contributed by atoms with Gasteiger partial charge in [-0.2, -0.15) is 14.9 Å². The van der Waals surface area contributed by atoms with Gasteiger partial charge in [0.05, 0.1) is 17.0 Å². The average molecular weight is 496 g/mol. The molecule has 0 aliphatic heterocycles. The summed E-state index contributed by atoms with van der Waals surface area (Å²) >= 11 is 1.32. The van der Waals surface area contributed by atoms with Gasteiger partial charge in [0.25, 0.3) is 0 Å². The molecule has 0 aliphatic rings. The Kier molecular flexibility index (Phi) is 7.01. The minimum atomic E-state index is -0.416. The maximum absolute atomic E-state index is 11.2. The van der Waals surface area contributed by atoms with E-state index in [-0.39, 0.29) is 5.69 Å². The molecule has 1 aromatic carbocycles. The molecule has 3 heterocycles. The first-order chi connectivity index (χ1) is 16.7. The molecule has 3 aromatic heterocycles. The van der Waals surface area contributed by atoms with Gasteiger partial charge in [-0.25, -0.2) is 0 Å². The van der Waals surface area contributed by atoms with Crippen molar-refractivity contribution in [1.82, 2.24) is 24.7 Å². The summed E-state index contributed by atoms with van der Waals surface area (Å²) in [5.41, 5.74) is 3.16. The van der Waals surface area contributed by atoms with E-state index in [0.717, 1.165) is 16.9 Å². The second kappa shape index (κ2) is 10.1. The van der Waals surface area contributed by atoms with Gasteiger partial charge in [0.1, 0.15) is 35.3 Å². The fourth-order valence-electron chi connectivity index (χ4n) is 3.58. The summed E-state index contributed by atoms with van der Waals surface area (Å²) in [5, 5.41) is 28.7. The molecule has 0 unspecified atom stereocenters. The molecule has 0 radical (unpaired) electrons. The van der Waals surface area contributed by atoms with Crippen LogP contribution in [0.1, 0.15) is 39.9 Å². The average Bonchev–Trinajstić information content (AvgIpc) is 3.46. The summed E-state index contributed by atoms with van der Waals surface area (Å²) in [6.07, 6.45) is 1.58. The van der Waals surface area contributed by atoms with Crippen LogP contribution in [0.2, 0.25) is 0 Å². The van der Waals surface area contributed by atoms with Crippen LogP contribution in [0.15, 0.2) is 45.0 Å². The van der Waals surface area contributed by atoms with Crippen LogP contribution in [0.5, 0.6) is 5.75 Å². The Balaban J connectivity index is 1.41. The van der Waals surface area contributed by atoms with Crippen LogP contribution in [0.3, 0.4) is 0 Å². The summed E-state index contributed by atoms with van der Waals surface area (Å²) < 4.78 is 14.8. The molecule has 35 heavy (non-hydrogen) atoms. The van der Waals surface area contributed by atoms with E-state index < -0.39 is 4.92 Å². The molecule has 11 nitrogen and oxygen atoms in total. The number of aromatic nitrogens is 5. The maximum Gasteiger partial charge on any atom is 0.312 e. The number of hydrogen-bond donors (Lipinski definition) is 0. The second-order valence-corrected chi connectivity index (χ2v) is 8.96. The zero-order valence-electron chi connectivity index (χ0n) is 20.1. The van der Waals surface area contributed by atoms with E-state index in [2.05, 4.69) is 26.5 Å². The first-order valence-electron chi connectivity index (χ1n) is 10.8. The predicted molar refractivity (Wildman–Crippen MR) is 131 cm³/mol. The van der Waals surface area contributed by atoms with Crippen molar-refractivity contribution in [1.29, 1.82) is 0 Å². The lowest BCUT2D eigenvalue weighted by atomic mass is 10.1. The van der Waals surface area contributed by atoms with Gasteiger partial charge in [-0.1, -0.05) is 17.8 Å². The monoisotopic (exact) mass is 495 g/mol. The lowest BCUT2D eigenvalue weighted by Crippen LogP contribution is -2.02. The van der Waals surface area contributed by atoms with Gasteiger partial charge >= 0.3 is 5.69 Å². The molecule has 0 saturated heterocycles. The number of thioether (sulfide) groups is 1. The molecule has 0 spiro atoms. The third-order valence-corrected chi connectivity index (χ3v) is 6.06. The summed E-state index contributed by atoms with van der Waals surface area (Å²) in [7, 11) is 0. The number of benzene rings is 1. The zero-order valence-corrected chi connectivity index (χ0v) is 20.9. The third kappa shape index (κ3) is 5.60. The summed E-state index contributed by atoms with van der Waals surface area (Å²) in [6, 6.07) is 9.71. The Bertz CT molecular complexity index is 1380.